The van der Waals surface area contributed by atoms with E-state index < -0.39 is 0 Å². The van der Waals surface area contributed by atoms with Gasteiger partial charge >= 0.3 is 5.97 Å². The summed E-state index contributed by atoms with van der Waals surface area (Å²) in [6.07, 6.45) is 0. The summed E-state index contributed by atoms with van der Waals surface area (Å²) in [4.78, 5) is 11.8. The van der Waals surface area contributed by atoms with Gasteiger partial charge in [0.15, 0.2) is 0 Å². The third-order valence-corrected chi connectivity index (χ3v) is 2.43. The Morgan fingerprint density at radius 2 is 2.00 bits per heavy atom. The maximum Gasteiger partial charge on any atom is 0.338 e. The number of ether oxygens (including phenoxy) is 1. The molecule has 0 bridgehead atoms. The summed E-state index contributed by atoms with van der Waals surface area (Å²) >= 11 is 0. The molecule has 0 saturated heterocycles. The van der Waals surface area contributed by atoms with E-state index in [9.17, 15) is 4.79 Å². The van der Waals surface area contributed by atoms with Crippen LogP contribution in [-0.2, 0) is 4.74 Å². The summed E-state index contributed by atoms with van der Waals surface area (Å²) < 4.78 is 10.5. The average Bonchev–Trinajstić information content (AvgIpc) is 2.76. The van der Waals surface area contributed by atoms with Crippen molar-refractivity contribution in [3.05, 3.63) is 47.7 Å². The van der Waals surface area contributed by atoms with Crippen molar-refractivity contribution in [3.63, 3.8) is 0 Å². The summed E-state index contributed by atoms with van der Waals surface area (Å²) in [5.74, 6) is 1.18. The lowest BCUT2D eigenvalue weighted by Gasteiger charge is -2.06. The summed E-state index contributed by atoms with van der Waals surface area (Å²) in [6.45, 7) is 4.03. The molecule has 0 radical (unpaired) electrons. The van der Waals surface area contributed by atoms with E-state index in [2.05, 4.69) is 0 Å². The maximum atomic E-state index is 11.8. The lowest BCUT2D eigenvalue weighted by molar-refractivity contribution is 0.0527. The largest absolute Gasteiger partial charge is 0.462 e. The fourth-order valence-electron chi connectivity index (χ4n) is 1.66. The summed E-state index contributed by atoms with van der Waals surface area (Å²) in [5.41, 5.74) is 1.29. The Morgan fingerprint density at radius 3 is 2.65 bits per heavy atom. The molecule has 0 aliphatic heterocycles. The normalized spacial score (nSPS) is 10.2. The highest BCUT2D eigenvalue weighted by atomic mass is 16.5. The van der Waals surface area contributed by atoms with Crippen molar-refractivity contribution in [3.8, 4) is 11.3 Å². The monoisotopic (exact) mass is 230 g/mol. The van der Waals surface area contributed by atoms with E-state index in [0.717, 1.165) is 11.3 Å². The SMILES string of the molecule is CCOC(=O)c1ccccc1-c1ccc(C)o1. The van der Waals surface area contributed by atoms with Gasteiger partial charge in [-0.3, -0.25) is 0 Å². The van der Waals surface area contributed by atoms with Gasteiger partial charge in [0.05, 0.1) is 12.2 Å². The smallest absolute Gasteiger partial charge is 0.338 e. The number of esters is 1. The second kappa shape index (κ2) is 4.87. The van der Waals surface area contributed by atoms with Crippen molar-refractivity contribution >= 4 is 5.97 Å². The first kappa shape index (κ1) is 11.5. The molecule has 88 valence electrons. The first-order valence-corrected chi connectivity index (χ1v) is 5.55. The number of furan rings is 1. The molecule has 3 heteroatoms. The zero-order valence-electron chi connectivity index (χ0n) is 9.90. The molecule has 0 saturated carbocycles. The molecule has 0 atom stereocenters. The van der Waals surface area contributed by atoms with Crippen molar-refractivity contribution in [2.75, 3.05) is 6.61 Å². The highest BCUT2D eigenvalue weighted by Gasteiger charge is 2.15. The molecule has 1 aromatic heterocycles. The topological polar surface area (TPSA) is 39.4 Å². The van der Waals surface area contributed by atoms with Gasteiger partial charge in [-0.05, 0) is 32.0 Å². The van der Waals surface area contributed by atoms with Crippen molar-refractivity contribution in [2.45, 2.75) is 13.8 Å². The molecule has 2 aromatic rings. The molecular formula is C14H14O3. The van der Waals surface area contributed by atoms with Gasteiger partial charge in [0, 0.05) is 5.56 Å². The van der Waals surface area contributed by atoms with Gasteiger partial charge in [0.1, 0.15) is 11.5 Å². The van der Waals surface area contributed by atoms with Crippen molar-refractivity contribution in [1.29, 1.82) is 0 Å². The highest BCUT2D eigenvalue weighted by Crippen LogP contribution is 2.26. The van der Waals surface area contributed by atoms with Gasteiger partial charge in [-0.2, -0.15) is 0 Å². The number of hydrogen-bond acceptors (Lipinski definition) is 3. The zero-order valence-corrected chi connectivity index (χ0v) is 9.90. The lowest BCUT2D eigenvalue weighted by Crippen LogP contribution is -2.05. The predicted octanol–water partition coefficient (Wildman–Crippen LogP) is 3.43. The Balaban J connectivity index is 2.44. The number of carbonyl (C=O) groups excluding carboxylic acids is 1. The third kappa shape index (κ3) is 2.38. The van der Waals surface area contributed by atoms with Gasteiger partial charge in [0.25, 0.3) is 0 Å². The van der Waals surface area contributed by atoms with Gasteiger partial charge in [-0.1, -0.05) is 18.2 Å². The van der Waals surface area contributed by atoms with Crippen LogP contribution in [0.2, 0.25) is 0 Å². The summed E-state index contributed by atoms with van der Waals surface area (Å²) in [6, 6.07) is 11.0. The van der Waals surface area contributed by atoms with E-state index >= 15 is 0 Å². The minimum absolute atomic E-state index is 0.322. The van der Waals surface area contributed by atoms with Crippen LogP contribution in [0.1, 0.15) is 23.0 Å². The Kier molecular flexibility index (Phi) is 3.28. The standard InChI is InChI=1S/C14H14O3/c1-3-16-14(15)12-7-5-4-6-11(12)13-9-8-10(2)17-13/h4-9H,3H2,1-2H3. The van der Waals surface area contributed by atoms with Crippen LogP contribution in [0.5, 0.6) is 0 Å². The van der Waals surface area contributed by atoms with E-state index in [0.29, 0.717) is 17.9 Å². The maximum absolute atomic E-state index is 11.8. The molecule has 3 nitrogen and oxygen atoms in total. The fraction of sp³-hybridized carbons (Fsp3) is 0.214. The van der Waals surface area contributed by atoms with Gasteiger partial charge < -0.3 is 9.15 Å². The minimum atomic E-state index is -0.322. The number of carbonyl (C=O) groups is 1. The molecule has 1 heterocycles. The molecule has 0 aliphatic carbocycles. The zero-order chi connectivity index (χ0) is 12.3. The highest BCUT2D eigenvalue weighted by molar-refractivity contribution is 5.96. The van der Waals surface area contributed by atoms with Crippen molar-refractivity contribution < 1.29 is 13.9 Å². The molecule has 17 heavy (non-hydrogen) atoms. The van der Waals surface area contributed by atoms with E-state index in [4.69, 9.17) is 9.15 Å². The van der Waals surface area contributed by atoms with Crippen LogP contribution >= 0.6 is 0 Å². The van der Waals surface area contributed by atoms with Crippen molar-refractivity contribution in [2.24, 2.45) is 0 Å². The van der Waals surface area contributed by atoms with Gasteiger partial charge in [-0.15, -0.1) is 0 Å². The van der Waals surface area contributed by atoms with Crippen LogP contribution in [0.25, 0.3) is 11.3 Å². The van der Waals surface area contributed by atoms with Crippen LogP contribution in [0.15, 0.2) is 40.8 Å². The summed E-state index contributed by atoms with van der Waals surface area (Å²) in [5, 5.41) is 0. The molecule has 0 fully saturated rings. The van der Waals surface area contributed by atoms with E-state index in [1.807, 2.05) is 37.3 Å². The Hall–Kier alpha value is -2.03. The predicted molar refractivity (Wildman–Crippen MR) is 64.8 cm³/mol. The molecule has 0 unspecified atom stereocenters. The third-order valence-electron chi connectivity index (χ3n) is 2.43. The molecule has 1 aromatic carbocycles. The van der Waals surface area contributed by atoms with E-state index in [1.165, 1.54) is 0 Å². The van der Waals surface area contributed by atoms with Crippen LogP contribution in [-0.4, -0.2) is 12.6 Å². The number of aryl methyl sites for hydroxylation is 1. The molecule has 0 aliphatic rings. The first-order chi connectivity index (χ1) is 8.22. The van der Waals surface area contributed by atoms with Gasteiger partial charge in [0.2, 0.25) is 0 Å². The minimum Gasteiger partial charge on any atom is -0.462 e. The molecule has 0 N–H and O–H groups in total. The molecule has 0 amide bonds. The van der Waals surface area contributed by atoms with Crippen molar-refractivity contribution in [1.82, 2.24) is 0 Å². The van der Waals surface area contributed by atoms with Crippen LogP contribution in [0, 0.1) is 6.92 Å². The second-order valence-corrected chi connectivity index (χ2v) is 3.68. The number of benzene rings is 1. The van der Waals surface area contributed by atoms with Crippen LogP contribution in [0.4, 0.5) is 0 Å². The van der Waals surface area contributed by atoms with Crippen LogP contribution < -0.4 is 0 Å². The van der Waals surface area contributed by atoms with E-state index in [1.54, 1.807) is 13.0 Å². The molecular weight excluding hydrogens is 216 g/mol. The van der Waals surface area contributed by atoms with Gasteiger partial charge in [-0.25, -0.2) is 4.79 Å². The Labute approximate surface area is 100 Å². The van der Waals surface area contributed by atoms with Crippen LogP contribution in [0.3, 0.4) is 0 Å². The lowest BCUT2D eigenvalue weighted by atomic mass is 10.1. The molecule has 2 rings (SSSR count). The summed E-state index contributed by atoms with van der Waals surface area (Å²) in [7, 11) is 0. The Bertz CT molecular complexity index is 526. The van der Waals surface area contributed by atoms with E-state index in [-0.39, 0.29) is 5.97 Å². The first-order valence-electron chi connectivity index (χ1n) is 5.55. The average molecular weight is 230 g/mol. The quantitative estimate of drug-likeness (QED) is 0.758. The second-order valence-electron chi connectivity index (χ2n) is 3.68. The molecule has 0 spiro atoms. The Morgan fingerprint density at radius 1 is 1.24 bits per heavy atom. The fourth-order valence-corrected chi connectivity index (χ4v) is 1.66. The number of hydrogen-bond donors (Lipinski definition) is 0. The number of rotatable bonds is 3.